The first-order chi connectivity index (χ1) is 33.2. The summed E-state index contributed by atoms with van der Waals surface area (Å²) >= 11 is 0. The molecule has 2 aromatic rings. The van der Waals surface area contributed by atoms with E-state index in [1.165, 1.54) is 20.8 Å². The van der Waals surface area contributed by atoms with Crippen LogP contribution in [0.4, 0.5) is 0 Å². The number of carbonyl (C=O) groups is 10. The molecule has 0 spiro atoms. The van der Waals surface area contributed by atoms with Gasteiger partial charge in [-0.1, -0.05) is 80.0 Å². The van der Waals surface area contributed by atoms with Crippen molar-refractivity contribution in [2.45, 2.75) is 149 Å². The minimum atomic E-state index is -1.76. The lowest BCUT2D eigenvalue weighted by atomic mass is 9.97. The van der Waals surface area contributed by atoms with Crippen molar-refractivity contribution in [1.29, 1.82) is 0 Å². The molecule has 396 valence electrons. The van der Waals surface area contributed by atoms with Crippen molar-refractivity contribution >= 4 is 70.0 Å². The summed E-state index contributed by atoms with van der Waals surface area (Å²) in [5.41, 5.74) is 12.6. The number of para-hydroxylation sites is 1. The molecule has 0 saturated carbocycles. The maximum absolute atomic E-state index is 14.0. The van der Waals surface area contributed by atoms with Crippen molar-refractivity contribution < 1.29 is 63.3 Å². The average Bonchev–Trinajstić information content (AvgIpc) is 3.70. The highest BCUT2D eigenvalue weighted by Gasteiger charge is 2.36. The van der Waals surface area contributed by atoms with Crippen molar-refractivity contribution in [2.75, 3.05) is 13.2 Å². The summed E-state index contributed by atoms with van der Waals surface area (Å²) in [4.78, 5) is 135. The molecule has 24 nitrogen and oxygen atoms in total. The van der Waals surface area contributed by atoms with Crippen molar-refractivity contribution in [3.05, 3.63) is 36.0 Å². The Morgan fingerprint density at radius 1 is 0.634 bits per heavy atom. The Balaban J connectivity index is 2.29. The number of aliphatic hydroxyl groups is 2. The normalized spacial score (nSPS) is 15.6. The monoisotopic (exact) mass is 1000 g/mol. The van der Waals surface area contributed by atoms with Crippen LogP contribution < -0.4 is 54.0 Å². The number of carboxylic acid groups (broad SMARTS) is 1. The summed E-state index contributed by atoms with van der Waals surface area (Å²) in [7, 11) is 0. The van der Waals surface area contributed by atoms with Crippen LogP contribution in [0.25, 0.3) is 10.9 Å². The van der Waals surface area contributed by atoms with E-state index in [1.807, 2.05) is 20.8 Å². The Hall–Kier alpha value is -6.66. The Bertz CT molecular complexity index is 2180. The van der Waals surface area contributed by atoms with Gasteiger partial charge in [0, 0.05) is 23.5 Å². The van der Waals surface area contributed by atoms with Crippen LogP contribution in [-0.2, 0) is 54.4 Å². The molecule has 1 heterocycles. The van der Waals surface area contributed by atoms with Gasteiger partial charge in [0.1, 0.15) is 42.3 Å². The number of fused-ring (bicyclic) bond motifs is 1. The van der Waals surface area contributed by atoms with E-state index in [0.717, 1.165) is 0 Å². The van der Waals surface area contributed by atoms with Gasteiger partial charge in [-0.15, -0.1) is 0 Å². The third-order valence-electron chi connectivity index (χ3n) is 11.6. The third-order valence-corrected chi connectivity index (χ3v) is 11.6. The van der Waals surface area contributed by atoms with Crippen molar-refractivity contribution in [1.82, 2.24) is 47.5 Å². The minimum absolute atomic E-state index is 0.0183. The van der Waals surface area contributed by atoms with E-state index < -0.39 is 139 Å². The maximum Gasteiger partial charge on any atom is 0.326 e. The highest BCUT2D eigenvalue weighted by atomic mass is 16.4. The standard InChI is InChI=1S/C47H75N11O13/c1-10-25(8)37(49)44(67)54-30(15-22(2)3)40(63)51-20-36(62)57-39(26(9)60)46(69)58-38(24(6)7)45(68)56-34(21-59)43(66)52-31(17-27-19-50-29-14-12-11-13-28(27)29)41(64)53-32(18-35(48)61)42(65)55-33(47(70)71)16-23(4)5/h11-14,19,22-26,30-34,37-39,50,59-60H,10,15-18,20-21,49H2,1-9H3,(H2,48,61)(H,51,63)(H,52,66)(H,53,64)(H,54,67)(H,55,65)(H,56,68)(H,57,62)(H,58,69)(H,70,71)/t25-,26+,30-,31-,32-,33-,34-,37-,38-,39-/m0/s1. The number of carboxylic acids is 1. The zero-order valence-electron chi connectivity index (χ0n) is 41.9. The van der Waals surface area contributed by atoms with Gasteiger partial charge in [-0.3, -0.25) is 43.2 Å². The van der Waals surface area contributed by atoms with E-state index in [9.17, 15) is 63.3 Å². The second-order valence-electron chi connectivity index (χ2n) is 19.0. The highest BCUT2D eigenvalue weighted by molar-refractivity contribution is 5.99. The number of aromatic amines is 1. The predicted octanol–water partition coefficient (Wildman–Crippen LogP) is -2.33. The molecule has 1 aromatic carbocycles. The lowest BCUT2D eigenvalue weighted by Gasteiger charge is -2.28. The van der Waals surface area contributed by atoms with Gasteiger partial charge in [-0.2, -0.15) is 0 Å². The number of nitrogens with two attached hydrogens (primary N) is 2. The van der Waals surface area contributed by atoms with Gasteiger partial charge in [0.15, 0.2) is 0 Å². The molecule has 0 saturated heterocycles. The number of hydrogen-bond acceptors (Lipinski definition) is 13. The summed E-state index contributed by atoms with van der Waals surface area (Å²) < 4.78 is 0. The van der Waals surface area contributed by atoms with Gasteiger partial charge in [0.05, 0.1) is 31.7 Å². The fraction of sp³-hybridized carbons (Fsp3) is 0.617. The molecule has 0 aliphatic carbocycles. The number of primary amides is 1. The molecule has 0 fully saturated rings. The fourth-order valence-electron chi connectivity index (χ4n) is 7.29. The van der Waals surface area contributed by atoms with Gasteiger partial charge in [0.25, 0.3) is 0 Å². The number of H-pyrrole nitrogens is 1. The number of benzene rings is 1. The number of aliphatic carboxylic acids is 1. The lowest BCUT2D eigenvalue weighted by molar-refractivity contribution is -0.143. The number of aliphatic hydroxyl groups excluding tert-OH is 2. The van der Waals surface area contributed by atoms with Gasteiger partial charge >= 0.3 is 5.97 Å². The van der Waals surface area contributed by atoms with Gasteiger partial charge < -0.3 is 74.3 Å². The van der Waals surface area contributed by atoms with Gasteiger partial charge in [-0.25, -0.2) is 4.79 Å². The van der Waals surface area contributed by atoms with E-state index in [4.69, 9.17) is 11.5 Å². The summed E-state index contributed by atoms with van der Waals surface area (Å²) in [6.07, 6.45) is -0.0901. The minimum Gasteiger partial charge on any atom is -0.480 e. The molecule has 0 bridgehead atoms. The number of carbonyl (C=O) groups excluding carboxylic acids is 9. The van der Waals surface area contributed by atoms with E-state index in [-0.39, 0.29) is 37.0 Å². The summed E-state index contributed by atoms with van der Waals surface area (Å²) in [6, 6.07) is -4.42. The van der Waals surface area contributed by atoms with Crippen LogP contribution in [0.3, 0.4) is 0 Å². The fourth-order valence-corrected chi connectivity index (χ4v) is 7.29. The Morgan fingerprint density at radius 2 is 1.15 bits per heavy atom. The molecule has 9 amide bonds. The zero-order chi connectivity index (χ0) is 53.9. The quantitative estimate of drug-likeness (QED) is 0.0391. The molecular weight excluding hydrogens is 927 g/mol. The van der Waals surface area contributed by atoms with E-state index in [1.54, 1.807) is 51.2 Å². The van der Waals surface area contributed by atoms with Crippen molar-refractivity contribution in [2.24, 2.45) is 35.1 Å². The first-order valence-corrected chi connectivity index (χ1v) is 23.7. The van der Waals surface area contributed by atoms with Crippen LogP contribution in [0.2, 0.25) is 0 Å². The zero-order valence-corrected chi connectivity index (χ0v) is 41.9. The molecule has 16 N–H and O–H groups in total. The molecule has 71 heavy (non-hydrogen) atoms. The number of aromatic nitrogens is 1. The Labute approximate surface area is 413 Å². The first-order valence-electron chi connectivity index (χ1n) is 23.7. The molecule has 1 aromatic heterocycles. The molecule has 24 heteroatoms. The van der Waals surface area contributed by atoms with Crippen LogP contribution in [0.15, 0.2) is 30.5 Å². The molecule has 10 atom stereocenters. The molecule has 2 rings (SSSR count). The molecule has 0 aliphatic rings. The number of hydrogen-bond donors (Lipinski definition) is 14. The SMILES string of the molecule is CC[C@H](C)[C@H](N)C(=O)N[C@@H](CC(C)C)C(=O)NCC(=O)N[C@H](C(=O)N[C@H](C(=O)N[C@@H](CO)C(=O)N[C@@H](Cc1c[nH]c2ccccc12)C(=O)N[C@@H](CC(N)=O)C(=O)N[C@@H](CC(C)C)C(=O)O)C(C)C)[C@@H](C)O. The predicted molar refractivity (Wildman–Crippen MR) is 260 cm³/mol. The third kappa shape index (κ3) is 19.6. The number of amides is 9. The summed E-state index contributed by atoms with van der Waals surface area (Å²) in [5.74, 6) is -10.8. The largest absolute Gasteiger partial charge is 0.480 e. The van der Waals surface area contributed by atoms with E-state index >= 15 is 0 Å². The second kappa shape index (κ2) is 28.9. The van der Waals surface area contributed by atoms with E-state index in [2.05, 4.69) is 47.5 Å². The molecular formula is C47H75N11O13. The van der Waals surface area contributed by atoms with Gasteiger partial charge in [0.2, 0.25) is 53.2 Å². The second-order valence-corrected chi connectivity index (χ2v) is 19.0. The maximum atomic E-state index is 14.0. The van der Waals surface area contributed by atoms with Gasteiger partial charge in [-0.05, 0) is 55.1 Å². The smallest absolute Gasteiger partial charge is 0.326 e. The number of rotatable bonds is 30. The summed E-state index contributed by atoms with van der Waals surface area (Å²) in [6.45, 7) is 13.4. The topological polar surface area (TPSA) is 395 Å². The van der Waals surface area contributed by atoms with Crippen LogP contribution in [-0.4, -0.2) is 147 Å². The van der Waals surface area contributed by atoms with Crippen LogP contribution in [0.5, 0.6) is 0 Å². The Morgan fingerprint density at radius 3 is 1.70 bits per heavy atom. The molecule has 0 aliphatic heterocycles. The lowest BCUT2D eigenvalue weighted by Crippen LogP contribution is -2.62. The van der Waals surface area contributed by atoms with Crippen LogP contribution >= 0.6 is 0 Å². The average molecular weight is 1000 g/mol. The summed E-state index contributed by atoms with van der Waals surface area (Å²) in [5, 5.41) is 50.6. The molecule has 0 unspecified atom stereocenters. The Kier molecular flexibility index (Phi) is 24.6. The molecule has 0 radical (unpaired) electrons. The highest BCUT2D eigenvalue weighted by Crippen LogP contribution is 2.20. The number of nitrogens with one attached hydrogen (secondary N) is 9. The van der Waals surface area contributed by atoms with Crippen molar-refractivity contribution in [3.63, 3.8) is 0 Å². The first kappa shape index (κ1) is 60.5. The van der Waals surface area contributed by atoms with Crippen LogP contribution in [0, 0.1) is 23.7 Å². The van der Waals surface area contributed by atoms with E-state index in [0.29, 0.717) is 22.9 Å². The van der Waals surface area contributed by atoms with Crippen LogP contribution in [0.1, 0.15) is 93.6 Å². The van der Waals surface area contributed by atoms with Crippen molar-refractivity contribution in [3.8, 4) is 0 Å².